The van der Waals surface area contributed by atoms with Gasteiger partial charge in [-0.1, -0.05) is 37.3 Å². The SMILES string of the molecule is CCOC(=O)C(CC)C(=O)C(C)(C)c1ccccc1. The van der Waals surface area contributed by atoms with Crippen LogP contribution in [-0.2, 0) is 19.7 Å². The number of hydrogen-bond acceptors (Lipinski definition) is 3. The van der Waals surface area contributed by atoms with Gasteiger partial charge < -0.3 is 4.74 Å². The molecule has 1 aromatic rings. The molecule has 0 fully saturated rings. The molecule has 3 heteroatoms. The molecule has 1 rings (SSSR count). The second kappa shape index (κ2) is 6.50. The number of benzene rings is 1. The number of Topliss-reactive ketones (excluding diaryl/α,β-unsaturated/α-hetero) is 1. The monoisotopic (exact) mass is 262 g/mol. The molecule has 0 radical (unpaired) electrons. The summed E-state index contributed by atoms with van der Waals surface area (Å²) in [5.41, 5.74) is 0.233. The first-order chi connectivity index (χ1) is 8.95. The molecule has 19 heavy (non-hydrogen) atoms. The largest absolute Gasteiger partial charge is 0.465 e. The molecule has 104 valence electrons. The molecule has 3 nitrogen and oxygen atoms in total. The van der Waals surface area contributed by atoms with E-state index in [9.17, 15) is 9.59 Å². The van der Waals surface area contributed by atoms with Crippen LogP contribution in [0, 0.1) is 5.92 Å². The van der Waals surface area contributed by atoms with Gasteiger partial charge in [0.15, 0.2) is 5.78 Å². The van der Waals surface area contributed by atoms with E-state index < -0.39 is 17.3 Å². The van der Waals surface area contributed by atoms with Gasteiger partial charge in [0, 0.05) is 5.41 Å². The standard InChI is InChI=1S/C16H22O3/c1-5-13(15(18)19-6-2)14(17)16(3,4)12-10-8-7-9-11-12/h7-11,13H,5-6H2,1-4H3. The van der Waals surface area contributed by atoms with Gasteiger partial charge in [0.1, 0.15) is 5.92 Å². The molecule has 0 amide bonds. The van der Waals surface area contributed by atoms with Crippen molar-refractivity contribution in [2.75, 3.05) is 6.61 Å². The summed E-state index contributed by atoms with van der Waals surface area (Å²) in [6, 6.07) is 9.53. The van der Waals surface area contributed by atoms with Gasteiger partial charge in [0.2, 0.25) is 0 Å². The molecule has 1 aromatic carbocycles. The third-order valence-electron chi connectivity index (χ3n) is 3.41. The topological polar surface area (TPSA) is 43.4 Å². The lowest BCUT2D eigenvalue weighted by Gasteiger charge is -2.27. The smallest absolute Gasteiger partial charge is 0.316 e. The molecule has 1 unspecified atom stereocenters. The van der Waals surface area contributed by atoms with Crippen LogP contribution in [0.25, 0.3) is 0 Å². The summed E-state index contributed by atoms with van der Waals surface area (Å²) >= 11 is 0. The number of carbonyl (C=O) groups is 2. The number of ether oxygens (including phenoxy) is 1. The Hall–Kier alpha value is -1.64. The normalized spacial score (nSPS) is 12.8. The molecule has 0 aliphatic carbocycles. The maximum Gasteiger partial charge on any atom is 0.316 e. The Morgan fingerprint density at radius 1 is 1.16 bits per heavy atom. The summed E-state index contributed by atoms with van der Waals surface area (Å²) in [6.45, 7) is 7.59. The van der Waals surface area contributed by atoms with E-state index in [0.717, 1.165) is 5.56 Å². The zero-order chi connectivity index (χ0) is 14.5. The Kier molecular flexibility index (Phi) is 5.28. The number of esters is 1. The maximum absolute atomic E-state index is 12.6. The van der Waals surface area contributed by atoms with Crippen LogP contribution < -0.4 is 0 Å². The average Bonchev–Trinajstić information content (AvgIpc) is 2.40. The summed E-state index contributed by atoms with van der Waals surface area (Å²) < 4.78 is 4.99. The zero-order valence-electron chi connectivity index (χ0n) is 12.1. The number of carbonyl (C=O) groups excluding carboxylic acids is 2. The second-order valence-electron chi connectivity index (χ2n) is 5.07. The molecule has 0 heterocycles. The van der Waals surface area contributed by atoms with Crippen LogP contribution in [0.3, 0.4) is 0 Å². The van der Waals surface area contributed by atoms with E-state index in [1.54, 1.807) is 6.92 Å². The zero-order valence-corrected chi connectivity index (χ0v) is 12.1. The lowest BCUT2D eigenvalue weighted by Crippen LogP contribution is -2.39. The third kappa shape index (κ3) is 3.43. The minimum absolute atomic E-state index is 0.0837. The van der Waals surface area contributed by atoms with Crippen LogP contribution in [0.2, 0.25) is 0 Å². The number of hydrogen-bond donors (Lipinski definition) is 0. The number of rotatable bonds is 6. The van der Waals surface area contributed by atoms with Crippen LogP contribution in [0.5, 0.6) is 0 Å². The minimum Gasteiger partial charge on any atom is -0.465 e. The lowest BCUT2D eigenvalue weighted by atomic mass is 9.75. The Morgan fingerprint density at radius 2 is 1.74 bits per heavy atom. The first kappa shape index (κ1) is 15.4. The van der Waals surface area contributed by atoms with Gasteiger partial charge in [-0.3, -0.25) is 9.59 Å². The summed E-state index contributed by atoms with van der Waals surface area (Å²) in [5.74, 6) is -1.19. The molecule has 0 spiro atoms. The molecule has 0 aromatic heterocycles. The van der Waals surface area contributed by atoms with Crippen LogP contribution in [0.1, 0.15) is 39.7 Å². The molecule has 0 aliphatic heterocycles. The van der Waals surface area contributed by atoms with Crippen molar-refractivity contribution in [2.24, 2.45) is 5.92 Å². The van der Waals surface area contributed by atoms with Gasteiger partial charge in [-0.2, -0.15) is 0 Å². The third-order valence-corrected chi connectivity index (χ3v) is 3.41. The highest BCUT2D eigenvalue weighted by molar-refractivity contribution is 6.04. The van der Waals surface area contributed by atoms with Gasteiger partial charge in [0.05, 0.1) is 6.61 Å². The molecule has 0 saturated heterocycles. The quantitative estimate of drug-likeness (QED) is 0.584. The molecule has 0 aliphatic rings. The minimum atomic E-state index is -0.686. The van der Waals surface area contributed by atoms with Gasteiger partial charge in [-0.05, 0) is 32.8 Å². The first-order valence-electron chi connectivity index (χ1n) is 6.71. The van der Waals surface area contributed by atoms with Crippen molar-refractivity contribution in [1.29, 1.82) is 0 Å². The van der Waals surface area contributed by atoms with E-state index in [2.05, 4.69) is 0 Å². The summed E-state index contributed by atoms with van der Waals surface area (Å²) in [4.78, 5) is 24.5. The Balaban J connectivity index is 2.99. The fourth-order valence-electron chi connectivity index (χ4n) is 2.13. The summed E-state index contributed by atoms with van der Waals surface area (Å²) in [7, 11) is 0. The van der Waals surface area contributed by atoms with E-state index >= 15 is 0 Å². The van der Waals surface area contributed by atoms with Gasteiger partial charge in [-0.25, -0.2) is 0 Å². The van der Waals surface area contributed by atoms with Crippen LogP contribution in [0.15, 0.2) is 30.3 Å². The second-order valence-corrected chi connectivity index (χ2v) is 5.07. The van der Waals surface area contributed by atoms with Crippen LogP contribution in [0.4, 0.5) is 0 Å². The lowest BCUT2D eigenvalue weighted by molar-refractivity contribution is -0.153. The van der Waals surface area contributed by atoms with Crippen LogP contribution >= 0.6 is 0 Å². The van der Waals surface area contributed by atoms with Crippen molar-refractivity contribution in [2.45, 2.75) is 39.5 Å². The van der Waals surface area contributed by atoms with Crippen LogP contribution in [-0.4, -0.2) is 18.4 Å². The molecular weight excluding hydrogens is 240 g/mol. The fourth-order valence-corrected chi connectivity index (χ4v) is 2.13. The number of ketones is 1. The molecule has 0 bridgehead atoms. The Morgan fingerprint density at radius 3 is 2.21 bits per heavy atom. The molecule has 1 atom stereocenters. The van der Waals surface area contributed by atoms with Crippen molar-refractivity contribution >= 4 is 11.8 Å². The van der Waals surface area contributed by atoms with Crippen molar-refractivity contribution in [3.63, 3.8) is 0 Å². The maximum atomic E-state index is 12.6. The first-order valence-corrected chi connectivity index (χ1v) is 6.71. The highest BCUT2D eigenvalue weighted by Crippen LogP contribution is 2.28. The van der Waals surface area contributed by atoms with Crippen molar-refractivity contribution in [3.8, 4) is 0 Å². The van der Waals surface area contributed by atoms with E-state index in [1.165, 1.54) is 0 Å². The van der Waals surface area contributed by atoms with Gasteiger partial charge in [-0.15, -0.1) is 0 Å². The Labute approximate surface area is 115 Å². The van der Waals surface area contributed by atoms with Crippen molar-refractivity contribution in [3.05, 3.63) is 35.9 Å². The Bertz CT molecular complexity index is 435. The summed E-state index contributed by atoms with van der Waals surface area (Å²) in [5, 5.41) is 0. The van der Waals surface area contributed by atoms with E-state index in [0.29, 0.717) is 13.0 Å². The van der Waals surface area contributed by atoms with Crippen molar-refractivity contribution < 1.29 is 14.3 Å². The van der Waals surface area contributed by atoms with E-state index in [4.69, 9.17) is 4.74 Å². The molecule has 0 saturated carbocycles. The predicted molar refractivity (Wildman–Crippen MR) is 74.9 cm³/mol. The van der Waals surface area contributed by atoms with E-state index in [-0.39, 0.29) is 5.78 Å². The van der Waals surface area contributed by atoms with Crippen molar-refractivity contribution in [1.82, 2.24) is 0 Å². The highest BCUT2D eigenvalue weighted by atomic mass is 16.5. The molecule has 0 N–H and O–H groups in total. The van der Waals surface area contributed by atoms with Gasteiger partial charge >= 0.3 is 5.97 Å². The summed E-state index contributed by atoms with van der Waals surface area (Å²) in [6.07, 6.45) is 0.466. The van der Waals surface area contributed by atoms with E-state index in [1.807, 2.05) is 51.1 Å². The predicted octanol–water partition coefficient (Wildman–Crippen LogP) is 3.12. The fraction of sp³-hybridized carbons (Fsp3) is 0.500. The van der Waals surface area contributed by atoms with Gasteiger partial charge in [0.25, 0.3) is 0 Å². The highest BCUT2D eigenvalue weighted by Gasteiger charge is 2.38. The average molecular weight is 262 g/mol. The molecular formula is C16H22O3.